The van der Waals surface area contributed by atoms with Crippen molar-refractivity contribution in [2.75, 3.05) is 7.11 Å². The van der Waals surface area contributed by atoms with E-state index < -0.39 is 12.4 Å². The first kappa shape index (κ1) is 13.6. The number of nitriles is 1. The predicted octanol–water partition coefficient (Wildman–Crippen LogP) is 3.18. The van der Waals surface area contributed by atoms with Crippen molar-refractivity contribution in [2.45, 2.75) is 11.8 Å². The number of methoxy groups -OCH3 is 1. The van der Waals surface area contributed by atoms with E-state index in [9.17, 15) is 13.6 Å². The standard InChI is InChI=1S/C11H8BrF2NO2/c1-17-11(16)9-3-8(10(13)14)6(4-12)2-7(9)5-15/h2-3,10H,4H2,1H3. The lowest BCUT2D eigenvalue weighted by molar-refractivity contribution is 0.0600. The molecule has 1 rings (SSSR count). The highest BCUT2D eigenvalue weighted by Crippen LogP contribution is 2.28. The monoisotopic (exact) mass is 303 g/mol. The van der Waals surface area contributed by atoms with Gasteiger partial charge in [-0.3, -0.25) is 0 Å². The van der Waals surface area contributed by atoms with Crippen LogP contribution in [0.4, 0.5) is 8.78 Å². The highest BCUT2D eigenvalue weighted by Gasteiger charge is 2.20. The van der Waals surface area contributed by atoms with Gasteiger partial charge in [-0.25, -0.2) is 13.6 Å². The first-order valence-corrected chi connectivity index (χ1v) is 5.66. The van der Waals surface area contributed by atoms with Gasteiger partial charge in [0.05, 0.1) is 18.2 Å². The number of ether oxygens (including phenoxy) is 1. The molecule has 0 aliphatic carbocycles. The average molecular weight is 304 g/mol. The van der Waals surface area contributed by atoms with E-state index in [4.69, 9.17) is 5.26 Å². The van der Waals surface area contributed by atoms with Gasteiger partial charge in [0, 0.05) is 10.9 Å². The van der Waals surface area contributed by atoms with E-state index in [1.165, 1.54) is 6.07 Å². The Morgan fingerprint density at radius 1 is 1.59 bits per heavy atom. The maximum absolute atomic E-state index is 12.7. The summed E-state index contributed by atoms with van der Waals surface area (Å²) in [7, 11) is 1.13. The summed E-state index contributed by atoms with van der Waals surface area (Å²) in [6.07, 6.45) is -2.71. The number of hydrogen-bond donors (Lipinski definition) is 0. The number of benzene rings is 1. The van der Waals surface area contributed by atoms with Crippen molar-refractivity contribution in [3.8, 4) is 6.07 Å². The Kier molecular flexibility index (Phi) is 4.58. The number of nitrogens with zero attached hydrogens (tertiary/aromatic N) is 1. The van der Waals surface area contributed by atoms with Crippen LogP contribution in [-0.2, 0) is 10.1 Å². The van der Waals surface area contributed by atoms with Crippen LogP contribution >= 0.6 is 15.9 Å². The van der Waals surface area contributed by atoms with Crippen molar-refractivity contribution < 1.29 is 18.3 Å². The van der Waals surface area contributed by atoms with Crippen LogP contribution in [0.1, 0.15) is 33.5 Å². The van der Waals surface area contributed by atoms with E-state index in [0.29, 0.717) is 0 Å². The van der Waals surface area contributed by atoms with Gasteiger partial charge in [0.1, 0.15) is 6.07 Å². The number of carbonyl (C=O) groups is 1. The molecule has 1 aromatic carbocycles. The Bertz CT molecular complexity index is 483. The van der Waals surface area contributed by atoms with Crippen molar-refractivity contribution >= 4 is 21.9 Å². The van der Waals surface area contributed by atoms with Crippen LogP contribution in [0.5, 0.6) is 0 Å². The lowest BCUT2D eigenvalue weighted by atomic mass is 10.00. The third-order valence-corrected chi connectivity index (χ3v) is 2.79. The third-order valence-electron chi connectivity index (χ3n) is 2.18. The molecule has 0 aromatic heterocycles. The average Bonchev–Trinajstić information content (AvgIpc) is 2.35. The van der Waals surface area contributed by atoms with E-state index in [-0.39, 0.29) is 27.6 Å². The molecule has 0 unspecified atom stereocenters. The second kappa shape index (κ2) is 5.73. The minimum atomic E-state index is -2.71. The van der Waals surface area contributed by atoms with Gasteiger partial charge >= 0.3 is 5.97 Å². The van der Waals surface area contributed by atoms with Gasteiger partial charge in [-0.05, 0) is 17.7 Å². The molecular weight excluding hydrogens is 296 g/mol. The van der Waals surface area contributed by atoms with Gasteiger partial charge in [-0.2, -0.15) is 5.26 Å². The van der Waals surface area contributed by atoms with Crippen molar-refractivity contribution in [3.05, 3.63) is 34.4 Å². The molecule has 0 N–H and O–H groups in total. The molecule has 0 atom stereocenters. The molecule has 0 heterocycles. The quantitative estimate of drug-likeness (QED) is 0.636. The second-order valence-electron chi connectivity index (χ2n) is 3.13. The van der Waals surface area contributed by atoms with Gasteiger partial charge in [0.2, 0.25) is 0 Å². The van der Waals surface area contributed by atoms with Gasteiger partial charge in [-0.1, -0.05) is 15.9 Å². The molecule has 0 bridgehead atoms. The van der Waals surface area contributed by atoms with Crippen molar-refractivity contribution in [1.82, 2.24) is 0 Å². The zero-order chi connectivity index (χ0) is 13.0. The molecule has 6 heteroatoms. The van der Waals surface area contributed by atoms with Crippen molar-refractivity contribution in [3.63, 3.8) is 0 Å². The maximum atomic E-state index is 12.7. The number of esters is 1. The maximum Gasteiger partial charge on any atom is 0.339 e. The predicted molar refractivity (Wildman–Crippen MR) is 60.1 cm³/mol. The lowest BCUT2D eigenvalue weighted by Gasteiger charge is -2.10. The minimum absolute atomic E-state index is 0.0238. The van der Waals surface area contributed by atoms with E-state index in [0.717, 1.165) is 13.2 Å². The van der Waals surface area contributed by atoms with E-state index in [2.05, 4.69) is 20.7 Å². The summed E-state index contributed by atoms with van der Waals surface area (Å²) < 4.78 is 29.9. The van der Waals surface area contributed by atoms with Crippen LogP contribution < -0.4 is 0 Å². The Morgan fingerprint density at radius 3 is 2.65 bits per heavy atom. The molecule has 0 saturated heterocycles. The van der Waals surface area contributed by atoms with Crippen LogP contribution in [0.15, 0.2) is 12.1 Å². The largest absolute Gasteiger partial charge is 0.465 e. The van der Waals surface area contributed by atoms with Crippen LogP contribution in [-0.4, -0.2) is 13.1 Å². The zero-order valence-corrected chi connectivity index (χ0v) is 10.4. The number of hydrogen-bond acceptors (Lipinski definition) is 3. The van der Waals surface area contributed by atoms with Gasteiger partial charge in [0.25, 0.3) is 6.43 Å². The highest BCUT2D eigenvalue weighted by atomic mass is 79.9. The fourth-order valence-corrected chi connectivity index (χ4v) is 1.84. The van der Waals surface area contributed by atoms with Crippen LogP contribution in [0, 0.1) is 11.3 Å². The number of halogens is 3. The third kappa shape index (κ3) is 2.80. The molecule has 17 heavy (non-hydrogen) atoms. The summed E-state index contributed by atoms with van der Waals surface area (Å²) in [4.78, 5) is 11.3. The first-order chi connectivity index (χ1) is 8.04. The minimum Gasteiger partial charge on any atom is -0.465 e. The molecule has 0 fully saturated rings. The summed E-state index contributed by atoms with van der Waals surface area (Å²) in [6, 6.07) is 4.06. The van der Waals surface area contributed by atoms with Gasteiger partial charge in [-0.15, -0.1) is 0 Å². The van der Waals surface area contributed by atoms with Crippen molar-refractivity contribution in [2.24, 2.45) is 0 Å². The first-order valence-electron chi connectivity index (χ1n) is 4.54. The second-order valence-corrected chi connectivity index (χ2v) is 3.70. The topological polar surface area (TPSA) is 50.1 Å². The van der Waals surface area contributed by atoms with Crippen LogP contribution in [0.3, 0.4) is 0 Å². The van der Waals surface area contributed by atoms with Gasteiger partial charge < -0.3 is 4.74 Å². The zero-order valence-electron chi connectivity index (χ0n) is 8.84. The molecule has 0 spiro atoms. The van der Waals surface area contributed by atoms with E-state index in [1.54, 1.807) is 6.07 Å². The molecule has 0 amide bonds. The summed E-state index contributed by atoms with van der Waals surface area (Å²) in [5, 5.41) is 9.04. The number of alkyl halides is 3. The van der Waals surface area contributed by atoms with E-state index >= 15 is 0 Å². The van der Waals surface area contributed by atoms with Crippen LogP contribution in [0.25, 0.3) is 0 Å². The molecule has 0 aliphatic heterocycles. The SMILES string of the molecule is COC(=O)c1cc(C(F)F)c(CBr)cc1C#N. The fourth-order valence-electron chi connectivity index (χ4n) is 1.35. The van der Waals surface area contributed by atoms with Crippen molar-refractivity contribution in [1.29, 1.82) is 5.26 Å². The summed E-state index contributed by atoms with van der Waals surface area (Å²) in [6.45, 7) is 0. The molecule has 0 aliphatic rings. The number of rotatable bonds is 3. The summed E-state index contributed by atoms with van der Waals surface area (Å²) >= 11 is 3.06. The Hall–Kier alpha value is -1.48. The summed E-state index contributed by atoms with van der Waals surface area (Å²) in [5.74, 6) is -0.801. The Balaban J connectivity index is 3.45. The molecular formula is C11H8BrF2NO2. The van der Waals surface area contributed by atoms with Crippen LogP contribution in [0.2, 0.25) is 0 Å². The normalized spacial score (nSPS) is 10.1. The molecule has 90 valence electrons. The molecule has 3 nitrogen and oxygen atoms in total. The highest BCUT2D eigenvalue weighted by molar-refractivity contribution is 9.08. The molecule has 0 radical (unpaired) electrons. The van der Waals surface area contributed by atoms with Gasteiger partial charge in [0.15, 0.2) is 0 Å². The van der Waals surface area contributed by atoms with E-state index in [1.807, 2.05) is 0 Å². The number of carbonyl (C=O) groups excluding carboxylic acids is 1. The Morgan fingerprint density at radius 2 is 2.24 bits per heavy atom. The smallest absolute Gasteiger partial charge is 0.339 e. The molecule has 0 saturated carbocycles. The Labute approximate surface area is 105 Å². The molecule has 1 aromatic rings. The fraction of sp³-hybridized carbons (Fsp3) is 0.273. The summed E-state index contributed by atoms with van der Waals surface area (Å²) in [5.41, 5.74) is -0.115. The lowest BCUT2D eigenvalue weighted by Crippen LogP contribution is -2.07.